The minimum atomic E-state index is 0.118. The van der Waals surface area contributed by atoms with Crippen LogP contribution in [0.25, 0.3) is 4.47 Å². The minimum absolute atomic E-state index is 0.118. The van der Waals surface area contributed by atoms with Crippen LogP contribution in [-0.4, -0.2) is 33.3 Å². The molecular weight excluding hydrogens is 327 g/mol. The van der Waals surface area contributed by atoms with Gasteiger partial charge in [0.25, 0.3) is 0 Å². The molecule has 2 rings (SSSR count). The standard InChI is InChI=1S/C18H22O2Se/c1-3-4-11-21-18-15(7-5-6-10-19)13-20-17-9-8-14(2)12-16(17)18/h8-9,12,19H,3-4,6,10-11,13H2,1-2H3. The average Bonchev–Trinajstić information content (AvgIpc) is 2.49. The molecule has 0 unspecified atom stereocenters. The van der Waals surface area contributed by atoms with Gasteiger partial charge >= 0.3 is 133 Å². The molecule has 0 amide bonds. The maximum absolute atomic E-state index is 8.88. The molecule has 0 aliphatic carbocycles. The molecule has 3 heteroatoms. The molecule has 0 radical (unpaired) electrons. The molecule has 0 saturated carbocycles. The van der Waals surface area contributed by atoms with Crippen molar-refractivity contribution in [3.63, 3.8) is 0 Å². The van der Waals surface area contributed by atoms with E-state index in [1.54, 1.807) is 0 Å². The van der Waals surface area contributed by atoms with Crippen LogP contribution in [0.4, 0.5) is 0 Å². The number of hydrogen-bond donors (Lipinski definition) is 1. The first-order valence-electron chi connectivity index (χ1n) is 7.45. The third-order valence-electron chi connectivity index (χ3n) is 3.25. The van der Waals surface area contributed by atoms with Crippen LogP contribution < -0.4 is 4.74 Å². The Labute approximate surface area is 133 Å². The molecule has 2 nitrogen and oxygen atoms in total. The van der Waals surface area contributed by atoms with Gasteiger partial charge in [0.15, 0.2) is 0 Å². The van der Waals surface area contributed by atoms with E-state index in [2.05, 4.69) is 43.9 Å². The molecule has 1 aliphatic rings. The van der Waals surface area contributed by atoms with E-state index in [0.29, 0.717) is 28.0 Å². The Morgan fingerprint density at radius 2 is 2.24 bits per heavy atom. The summed E-state index contributed by atoms with van der Waals surface area (Å²) in [6, 6.07) is 6.38. The predicted octanol–water partition coefficient (Wildman–Crippen LogP) is 3.41. The number of aryl methyl sites for hydroxylation is 1. The van der Waals surface area contributed by atoms with Crippen molar-refractivity contribution in [2.75, 3.05) is 13.2 Å². The van der Waals surface area contributed by atoms with Crippen LogP contribution in [0.1, 0.15) is 37.3 Å². The Morgan fingerprint density at radius 1 is 1.38 bits per heavy atom. The Balaban J connectivity index is 2.34. The van der Waals surface area contributed by atoms with Crippen LogP contribution in [0.15, 0.2) is 23.8 Å². The Hall–Kier alpha value is -1.20. The van der Waals surface area contributed by atoms with Gasteiger partial charge in [0.2, 0.25) is 0 Å². The van der Waals surface area contributed by atoms with Gasteiger partial charge in [0.1, 0.15) is 0 Å². The van der Waals surface area contributed by atoms with Crippen LogP contribution in [-0.2, 0) is 0 Å². The van der Waals surface area contributed by atoms with Crippen molar-refractivity contribution in [3.05, 3.63) is 34.9 Å². The van der Waals surface area contributed by atoms with Crippen LogP contribution >= 0.6 is 0 Å². The summed E-state index contributed by atoms with van der Waals surface area (Å²) in [5, 5.41) is 10.1. The molecule has 112 valence electrons. The van der Waals surface area contributed by atoms with Crippen molar-refractivity contribution in [3.8, 4) is 17.6 Å². The molecule has 21 heavy (non-hydrogen) atoms. The summed E-state index contributed by atoms with van der Waals surface area (Å²) in [6.45, 7) is 5.03. The fourth-order valence-electron chi connectivity index (χ4n) is 2.13. The molecule has 0 fully saturated rings. The fraction of sp³-hybridized carbons (Fsp3) is 0.444. The molecule has 1 aromatic rings. The number of fused-ring (bicyclic) bond motifs is 1. The van der Waals surface area contributed by atoms with Crippen LogP contribution in [0, 0.1) is 18.8 Å². The molecule has 0 saturated heterocycles. The van der Waals surface area contributed by atoms with Crippen molar-refractivity contribution in [2.24, 2.45) is 0 Å². The van der Waals surface area contributed by atoms with Gasteiger partial charge in [-0.25, -0.2) is 0 Å². The maximum atomic E-state index is 8.88. The quantitative estimate of drug-likeness (QED) is 0.502. The first-order chi connectivity index (χ1) is 10.3. The van der Waals surface area contributed by atoms with E-state index in [0.717, 1.165) is 11.3 Å². The normalized spacial score (nSPS) is 13.3. The number of rotatable bonds is 5. The topological polar surface area (TPSA) is 29.5 Å². The first kappa shape index (κ1) is 16.2. The summed E-state index contributed by atoms with van der Waals surface area (Å²) in [5.41, 5.74) is 3.59. The van der Waals surface area contributed by atoms with Gasteiger partial charge in [-0.1, -0.05) is 0 Å². The number of ether oxygens (including phenoxy) is 1. The molecule has 0 aromatic heterocycles. The second kappa shape index (κ2) is 8.29. The molecule has 1 aliphatic heterocycles. The van der Waals surface area contributed by atoms with Gasteiger partial charge in [0, 0.05) is 0 Å². The molecule has 1 heterocycles. The van der Waals surface area contributed by atoms with Crippen LogP contribution in [0.5, 0.6) is 5.75 Å². The van der Waals surface area contributed by atoms with Crippen molar-refractivity contribution in [1.82, 2.24) is 0 Å². The molecule has 0 bridgehead atoms. The van der Waals surface area contributed by atoms with Gasteiger partial charge in [-0.05, 0) is 0 Å². The number of aliphatic hydroxyl groups is 1. The van der Waals surface area contributed by atoms with Gasteiger partial charge in [-0.15, -0.1) is 0 Å². The van der Waals surface area contributed by atoms with Crippen molar-refractivity contribution >= 4 is 19.4 Å². The summed E-state index contributed by atoms with van der Waals surface area (Å²) < 4.78 is 7.24. The summed E-state index contributed by atoms with van der Waals surface area (Å²) in [7, 11) is 0. The predicted molar refractivity (Wildman–Crippen MR) is 88.5 cm³/mol. The second-order valence-electron chi connectivity index (χ2n) is 5.07. The number of benzene rings is 1. The van der Waals surface area contributed by atoms with E-state index >= 15 is 0 Å². The van der Waals surface area contributed by atoms with Crippen LogP contribution in [0.3, 0.4) is 0 Å². The summed E-state index contributed by atoms with van der Waals surface area (Å²) >= 11 is 0.436. The van der Waals surface area contributed by atoms with Gasteiger partial charge < -0.3 is 0 Å². The average molecular weight is 349 g/mol. The monoisotopic (exact) mass is 350 g/mol. The van der Waals surface area contributed by atoms with Gasteiger partial charge in [0.05, 0.1) is 0 Å². The third kappa shape index (κ3) is 4.38. The summed E-state index contributed by atoms with van der Waals surface area (Å²) in [4.78, 5) is 0. The van der Waals surface area contributed by atoms with Crippen molar-refractivity contribution in [2.45, 2.75) is 38.4 Å². The number of unbranched alkanes of at least 4 members (excludes halogenated alkanes) is 1. The fourth-order valence-corrected chi connectivity index (χ4v) is 4.72. The van der Waals surface area contributed by atoms with E-state index in [1.165, 1.54) is 33.8 Å². The van der Waals surface area contributed by atoms with E-state index in [4.69, 9.17) is 9.84 Å². The number of aliphatic hydroxyl groups excluding tert-OH is 1. The van der Waals surface area contributed by atoms with Crippen LogP contribution in [0.2, 0.25) is 5.32 Å². The molecular formula is C18H22O2Se. The Morgan fingerprint density at radius 3 is 3.00 bits per heavy atom. The Kier molecular flexibility index (Phi) is 6.39. The Bertz CT molecular complexity index is 579. The zero-order valence-electron chi connectivity index (χ0n) is 12.7. The molecule has 0 spiro atoms. The third-order valence-corrected chi connectivity index (χ3v) is 5.86. The van der Waals surface area contributed by atoms with E-state index in [-0.39, 0.29) is 6.61 Å². The van der Waals surface area contributed by atoms with Gasteiger partial charge in [-0.3, -0.25) is 0 Å². The first-order valence-corrected chi connectivity index (χ1v) is 9.52. The van der Waals surface area contributed by atoms with Crippen molar-refractivity contribution < 1.29 is 9.84 Å². The van der Waals surface area contributed by atoms with Crippen molar-refractivity contribution in [1.29, 1.82) is 0 Å². The zero-order valence-corrected chi connectivity index (χ0v) is 14.5. The van der Waals surface area contributed by atoms with E-state index in [9.17, 15) is 0 Å². The summed E-state index contributed by atoms with van der Waals surface area (Å²) in [5.74, 6) is 7.25. The van der Waals surface area contributed by atoms with E-state index in [1.807, 2.05) is 0 Å². The molecule has 1 N–H and O–H groups in total. The molecule has 0 atom stereocenters. The SMILES string of the molecule is CCCC[Se]C1=C(C#CCCO)COc2ccc(C)cc21. The van der Waals surface area contributed by atoms with E-state index < -0.39 is 0 Å². The zero-order chi connectivity index (χ0) is 15.1. The summed E-state index contributed by atoms with van der Waals surface area (Å²) in [6.07, 6.45) is 3.03. The van der Waals surface area contributed by atoms with Gasteiger partial charge in [-0.2, -0.15) is 0 Å². The number of hydrogen-bond acceptors (Lipinski definition) is 2. The second-order valence-corrected chi connectivity index (χ2v) is 7.39. The molecule has 1 aromatic carbocycles.